The maximum absolute atomic E-state index is 14.4. The largest absolute Gasteiger partial charge is 0.416 e. The molecule has 26 heavy (non-hydrogen) atoms. The second kappa shape index (κ2) is 7.94. The van der Waals surface area contributed by atoms with Crippen LogP contribution in [0.3, 0.4) is 0 Å². The molecule has 5 nitrogen and oxygen atoms in total. The van der Waals surface area contributed by atoms with E-state index in [0.717, 1.165) is 17.2 Å². The molecule has 0 unspecified atom stereocenters. The lowest BCUT2D eigenvalue weighted by molar-refractivity contribution is -0.137. The van der Waals surface area contributed by atoms with Crippen LogP contribution in [0, 0.1) is 5.82 Å². The van der Waals surface area contributed by atoms with Crippen molar-refractivity contribution in [2.45, 2.75) is 19.6 Å². The molecule has 0 atom stereocenters. The summed E-state index contributed by atoms with van der Waals surface area (Å²) in [6.07, 6.45) is -4.41. The molecule has 0 aliphatic rings. The summed E-state index contributed by atoms with van der Waals surface area (Å²) in [5, 5.41) is 3.91. The molecule has 0 bridgehead atoms. The molecule has 2 aromatic carbocycles. The van der Waals surface area contributed by atoms with E-state index in [1.165, 1.54) is 24.3 Å². The van der Waals surface area contributed by atoms with E-state index in [1.54, 1.807) is 6.92 Å². The minimum atomic E-state index is -4.41. The number of carbonyl (C=O) groups excluding carboxylic acids is 1. The predicted molar refractivity (Wildman–Crippen MR) is 89.8 cm³/mol. The maximum atomic E-state index is 14.4. The Hall–Kier alpha value is -2.97. The van der Waals surface area contributed by atoms with E-state index in [4.69, 9.17) is 10.6 Å². The van der Waals surface area contributed by atoms with E-state index in [-0.39, 0.29) is 36.6 Å². The fourth-order valence-electron chi connectivity index (χ4n) is 2.30. The highest BCUT2D eigenvalue weighted by Gasteiger charge is 2.29. The highest BCUT2D eigenvalue weighted by molar-refractivity contribution is 5.73. The average molecular weight is 371 g/mol. The summed E-state index contributed by atoms with van der Waals surface area (Å²) in [6.45, 7) is 2.27. The van der Waals surface area contributed by atoms with Crippen molar-refractivity contribution in [2.75, 3.05) is 22.7 Å². The van der Waals surface area contributed by atoms with Gasteiger partial charge in [0.05, 0.1) is 23.5 Å². The van der Waals surface area contributed by atoms with Gasteiger partial charge in [-0.15, -0.1) is 0 Å². The third-order valence-corrected chi connectivity index (χ3v) is 3.65. The zero-order valence-corrected chi connectivity index (χ0v) is 13.8. The van der Waals surface area contributed by atoms with Crippen LogP contribution in [-0.2, 0) is 22.4 Å². The minimum Gasteiger partial charge on any atom is -0.395 e. The molecule has 0 heterocycles. The number of nitrogen functional groups attached to an aromatic ring is 1. The monoisotopic (exact) mass is 371 g/mol. The van der Waals surface area contributed by atoms with E-state index in [9.17, 15) is 22.4 Å². The molecule has 0 saturated carbocycles. The van der Waals surface area contributed by atoms with Gasteiger partial charge in [-0.25, -0.2) is 9.45 Å². The Morgan fingerprint density at radius 1 is 1.19 bits per heavy atom. The van der Waals surface area contributed by atoms with Crippen LogP contribution < -0.4 is 16.1 Å². The van der Waals surface area contributed by atoms with E-state index >= 15 is 0 Å². The van der Waals surface area contributed by atoms with Gasteiger partial charge in [0.15, 0.2) is 5.82 Å². The lowest BCUT2D eigenvalue weighted by Crippen LogP contribution is -2.23. The molecule has 3 N–H and O–H groups in total. The number of nitrogens with zero attached hydrogens (tertiary/aromatic N) is 1. The van der Waals surface area contributed by atoms with Gasteiger partial charge in [-0.1, -0.05) is 12.1 Å². The molecule has 2 aromatic rings. The molecule has 0 aliphatic heterocycles. The summed E-state index contributed by atoms with van der Waals surface area (Å²) < 4.78 is 52.0. The van der Waals surface area contributed by atoms with E-state index in [1.807, 2.05) is 0 Å². The molecule has 0 spiro atoms. The number of hydrogen-bond donors (Lipinski definition) is 2. The lowest BCUT2D eigenvalue weighted by atomic mass is 10.1. The fraction of sp³-hybridized carbons (Fsp3) is 0.235. The first kappa shape index (κ1) is 19.4. The zero-order chi connectivity index (χ0) is 19.3. The van der Waals surface area contributed by atoms with Crippen molar-refractivity contribution in [3.63, 3.8) is 0 Å². The Bertz CT molecular complexity index is 764. The van der Waals surface area contributed by atoms with Gasteiger partial charge in [-0.2, -0.15) is 13.2 Å². The third kappa shape index (κ3) is 4.35. The van der Waals surface area contributed by atoms with Crippen LogP contribution in [-0.4, -0.2) is 13.0 Å². The standard InChI is InChI=1S/C17H17F4N3O2/c1-2-24(26-10-25)14-8-7-13(15(18)16(14)22)23-9-11-3-5-12(6-4-11)17(19,20)21/h3-8,10,23H,2,9,22H2,1H3. The average Bonchev–Trinajstić information content (AvgIpc) is 2.61. The van der Waals surface area contributed by atoms with Crippen LogP contribution in [0.15, 0.2) is 36.4 Å². The number of hydrogen-bond acceptors (Lipinski definition) is 5. The van der Waals surface area contributed by atoms with E-state index in [2.05, 4.69) is 5.32 Å². The van der Waals surface area contributed by atoms with Gasteiger partial charge in [-0.3, -0.25) is 4.79 Å². The van der Waals surface area contributed by atoms with Crippen molar-refractivity contribution in [1.29, 1.82) is 0 Å². The van der Waals surface area contributed by atoms with Crippen LogP contribution in [0.2, 0.25) is 0 Å². The van der Waals surface area contributed by atoms with Gasteiger partial charge < -0.3 is 15.9 Å². The van der Waals surface area contributed by atoms with Crippen LogP contribution in [0.5, 0.6) is 0 Å². The number of rotatable bonds is 7. The van der Waals surface area contributed by atoms with Gasteiger partial charge in [0, 0.05) is 6.54 Å². The number of carbonyl (C=O) groups is 1. The Kier molecular flexibility index (Phi) is 5.91. The second-order valence-electron chi connectivity index (χ2n) is 5.30. The fourth-order valence-corrected chi connectivity index (χ4v) is 2.30. The number of alkyl halides is 3. The lowest BCUT2D eigenvalue weighted by Gasteiger charge is -2.21. The summed E-state index contributed by atoms with van der Waals surface area (Å²) in [5.74, 6) is -0.748. The van der Waals surface area contributed by atoms with E-state index in [0.29, 0.717) is 5.56 Å². The summed E-state index contributed by atoms with van der Waals surface area (Å²) in [7, 11) is 0. The summed E-state index contributed by atoms with van der Waals surface area (Å²) in [4.78, 5) is 15.2. The van der Waals surface area contributed by atoms with Crippen molar-refractivity contribution in [3.05, 3.63) is 53.3 Å². The number of nitrogens with two attached hydrogens (primary N) is 1. The Labute approximate surface area is 147 Å². The molecule has 0 radical (unpaired) electrons. The zero-order valence-electron chi connectivity index (χ0n) is 13.8. The number of halogens is 4. The molecule has 0 amide bonds. The second-order valence-corrected chi connectivity index (χ2v) is 5.30. The predicted octanol–water partition coefficient (Wildman–Crippen LogP) is 3.95. The van der Waals surface area contributed by atoms with Gasteiger partial charge in [0.25, 0.3) is 0 Å². The number of nitrogens with one attached hydrogen (secondary N) is 1. The molecule has 0 saturated heterocycles. The van der Waals surface area contributed by atoms with Gasteiger partial charge in [0.2, 0.25) is 0 Å². The van der Waals surface area contributed by atoms with Gasteiger partial charge >= 0.3 is 12.6 Å². The third-order valence-electron chi connectivity index (χ3n) is 3.65. The highest BCUT2D eigenvalue weighted by atomic mass is 19.4. The summed E-state index contributed by atoms with van der Waals surface area (Å²) >= 11 is 0. The Morgan fingerprint density at radius 3 is 2.38 bits per heavy atom. The first-order chi connectivity index (χ1) is 12.3. The maximum Gasteiger partial charge on any atom is 0.416 e. The number of hydroxylamine groups is 1. The molecular formula is C17H17F4N3O2. The topological polar surface area (TPSA) is 67.6 Å². The SMILES string of the molecule is CCN(OC=O)c1ccc(NCc2ccc(C(F)(F)F)cc2)c(F)c1N. The molecular weight excluding hydrogens is 354 g/mol. The summed E-state index contributed by atoms with van der Waals surface area (Å²) in [5.41, 5.74) is 5.59. The van der Waals surface area contributed by atoms with Crippen LogP contribution in [0.25, 0.3) is 0 Å². The highest BCUT2D eigenvalue weighted by Crippen LogP contribution is 2.32. The smallest absolute Gasteiger partial charge is 0.395 e. The Morgan fingerprint density at radius 2 is 1.85 bits per heavy atom. The normalized spacial score (nSPS) is 11.1. The van der Waals surface area contributed by atoms with Crippen LogP contribution >= 0.6 is 0 Å². The van der Waals surface area contributed by atoms with Crippen molar-refractivity contribution in [3.8, 4) is 0 Å². The van der Waals surface area contributed by atoms with Crippen molar-refractivity contribution in [1.82, 2.24) is 0 Å². The molecule has 140 valence electrons. The summed E-state index contributed by atoms with van der Waals surface area (Å²) in [6, 6.07) is 7.41. The quantitative estimate of drug-likeness (QED) is 0.334. The van der Waals surface area contributed by atoms with Gasteiger partial charge in [-0.05, 0) is 36.8 Å². The number of benzene rings is 2. The Balaban J connectivity index is 2.13. The van der Waals surface area contributed by atoms with Gasteiger partial charge in [0.1, 0.15) is 5.69 Å². The molecule has 9 heteroatoms. The molecule has 0 aromatic heterocycles. The molecule has 2 rings (SSSR count). The first-order valence-corrected chi connectivity index (χ1v) is 7.63. The minimum absolute atomic E-state index is 0.0771. The van der Waals surface area contributed by atoms with Crippen LogP contribution in [0.1, 0.15) is 18.1 Å². The van der Waals surface area contributed by atoms with Crippen molar-refractivity contribution < 1.29 is 27.2 Å². The molecule has 0 fully saturated rings. The van der Waals surface area contributed by atoms with Crippen LogP contribution in [0.4, 0.5) is 34.6 Å². The molecule has 0 aliphatic carbocycles. The van der Waals surface area contributed by atoms with Crippen molar-refractivity contribution >= 4 is 23.5 Å². The number of anilines is 3. The van der Waals surface area contributed by atoms with E-state index < -0.39 is 17.6 Å². The van der Waals surface area contributed by atoms with Crippen molar-refractivity contribution in [2.24, 2.45) is 0 Å². The first-order valence-electron chi connectivity index (χ1n) is 7.63.